The van der Waals surface area contributed by atoms with Crippen molar-refractivity contribution in [2.45, 2.75) is 54.8 Å². The summed E-state index contributed by atoms with van der Waals surface area (Å²) in [6.07, 6.45) is 6.41. The Bertz CT molecular complexity index is 1010. The second kappa shape index (κ2) is 9.28. The van der Waals surface area contributed by atoms with Gasteiger partial charge in [-0.25, -0.2) is 4.98 Å². The molecule has 1 saturated carbocycles. The van der Waals surface area contributed by atoms with Crippen LogP contribution in [0.1, 0.15) is 36.5 Å². The van der Waals surface area contributed by atoms with Crippen LogP contribution in [0.15, 0.2) is 72.0 Å². The molecule has 1 saturated heterocycles. The minimum Gasteiger partial charge on any atom is -0.376 e. The van der Waals surface area contributed by atoms with Gasteiger partial charge in [-0.1, -0.05) is 72.4 Å². The highest BCUT2D eigenvalue weighted by molar-refractivity contribution is 8.00. The lowest BCUT2D eigenvalue weighted by Gasteiger charge is -2.20. The molecule has 2 fully saturated rings. The second-order valence-electron chi connectivity index (χ2n) is 8.23. The zero-order chi connectivity index (χ0) is 21.0. The summed E-state index contributed by atoms with van der Waals surface area (Å²) in [5, 5.41) is 3.70. The Morgan fingerprint density at radius 1 is 1.10 bits per heavy atom. The van der Waals surface area contributed by atoms with Crippen molar-refractivity contribution >= 4 is 17.7 Å². The summed E-state index contributed by atoms with van der Waals surface area (Å²) >= 11 is 1.53. The molecule has 2 heterocycles. The molecule has 2 unspecified atom stereocenters. The van der Waals surface area contributed by atoms with Crippen LogP contribution < -0.4 is 5.32 Å². The number of rotatable bonds is 8. The highest BCUT2D eigenvalue weighted by Crippen LogP contribution is 2.38. The van der Waals surface area contributed by atoms with E-state index in [-0.39, 0.29) is 17.3 Å². The first kappa shape index (κ1) is 20.3. The lowest BCUT2D eigenvalue weighted by atomic mass is 10.1. The maximum absolute atomic E-state index is 13.1. The molecule has 1 N–H and O–H groups in total. The largest absolute Gasteiger partial charge is 0.376 e. The highest BCUT2D eigenvalue weighted by atomic mass is 32.2. The number of benzene rings is 2. The molecule has 6 heteroatoms. The number of nitrogens with zero attached hydrogens (tertiary/aromatic N) is 2. The van der Waals surface area contributed by atoms with Gasteiger partial charge in [-0.05, 0) is 36.8 Å². The molecule has 160 valence electrons. The van der Waals surface area contributed by atoms with Gasteiger partial charge in [0.05, 0.1) is 24.5 Å². The van der Waals surface area contributed by atoms with E-state index in [0.29, 0.717) is 6.04 Å². The van der Waals surface area contributed by atoms with Gasteiger partial charge in [0.15, 0.2) is 5.16 Å². The number of hydrogen-bond acceptors (Lipinski definition) is 4. The predicted octanol–water partition coefficient (Wildman–Crippen LogP) is 4.84. The van der Waals surface area contributed by atoms with Crippen molar-refractivity contribution in [2.24, 2.45) is 0 Å². The van der Waals surface area contributed by atoms with Crippen LogP contribution >= 0.6 is 11.8 Å². The highest BCUT2D eigenvalue weighted by Gasteiger charge is 2.31. The van der Waals surface area contributed by atoms with Gasteiger partial charge in [0.1, 0.15) is 5.25 Å². The van der Waals surface area contributed by atoms with Gasteiger partial charge in [0, 0.05) is 12.6 Å². The fourth-order valence-corrected chi connectivity index (χ4v) is 5.06. The van der Waals surface area contributed by atoms with E-state index in [4.69, 9.17) is 9.72 Å². The maximum Gasteiger partial charge on any atom is 0.238 e. The Hall–Kier alpha value is -2.57. The Morgan fingerprint density at radius 2 is 1.84 bits per heavy atom. The fourth-order valence-electron chi connectivity index (χ4n) is 3.97. The minimum absolute atomic E-state index is 0.0617. The average molecular weight is 434 g/mol. The van der Waals surface area contributed by atoms with Crippen molar-refractivity contribution in [3.05, 3.63) is 72.4 Å². The number of carbonyl (C=O) groups is 1. The van der Waals surface area contributed by atoms with Gasteiger partial charge < -0.3 is 14.6 Å². The first-order chi connectivity index (χ1) is 15.3. The Kier molecular flexibility index (Phi) is 6.09. The summed E-state index contributed by atoms with van der Waals surface area (Å²) in [4.78, 5) is 17.9. The van der Waals surface area contributed by atoms with Crippen molar-refractivity contribution in [1.29, 1.82) is 0 Å². The van der Waals surface area contributed by atoms with E-state index in [1.807, 2.05) is 54.7 Å². The molecule has 0 bridgehead atoms. The number of carbonyl (C=O) groups excluding carboxylic acids is 1. The van der Waals surface area contributed by atoms with Gasteiger partial charge in [0.2, 0.25) is 5.91 Å². The molecule has 1 aliphatic carbocycles. The van der Waals surface area contributed by atoms with Crippen molar-refractivity contribution < 1.29 is 9.53 Å². The average Bonchev–Trinajstić information content (AvgIpc) is 3.31. The van der Waals surface area contributed by atoms with Crippen LogP contribution in [-0.4, -0.2) is 34.2 Å². The van der Waals surface area contributed by atoms with Gasteiger partial charge in [0.25, 0.3) is 0 Å². The van der Waals surface area contributed by atoms with Gasteiger partial charge in [-0.15, -0.1) is 0 Å². The summed E-state index contributed by atoms with van der Waals surface area (Å²) in [5.41, 5.74) is 3.19. The molecule has 2 aliphatic rings. The quantitative estimate of drug-likeness (QED) is 0.517. The summed E-state index contributed by atoms with van der Waals surface area (Å²) in [7, 11) is 0. The molecule has 2 atom stereocenters. The van der Waals surface area contributed by atoms with E-state index in [2.05, 4.69) is 22.0 Å². The van der Waals surface area contributed by atoms with E-state index in [9.17, 15) is 4.79 Å². The lowest BCUT2D eigenvalue weighted by molar-refractivity contribution is -0.120. The molecule has 5 nitrogen and oxygen atoms in total. The number of imidazole rings is 1. The second-order valence-corrected chi connectivity index (χ2v) is 9.30. The molecule has 31 heavy (non-hydrogen) atoms. The summed E-state index contributed by atoms with van der Waals surface area (Å²) < 4.78 is 8.17. The molecular weight excluding hydrogens is 406 g/mol. The normalized spacial score (nSPS) is 19.3. The number of ether oxygens (including phenoxy) is 1. The standard InChI is InChI=1S/C25H27N3O2S/c29-24(27-20-13-14-20)23(19-10-5-2-6-11-19)31-25-26-16-22(18-8-3-1-4-9-18)28(25)17-21-12-7-15-30-21/h1-6,8-11,16,20-21,23H,7,12-15,17H2,(H,27,29). The van der Waals surface area contributed by atoms with Crippen LogP contribution in [0.4, 0.5) is 0 Å². The van der Waals surface area contributed by atoms with Crippen LogP contribution in [-0.2, 0) is 16.1 Å². The molecule has 1 aromatic heterocycles. The van der Waals surface area contributed by atoms with Crippen molar-refractivity contribution in [2.75, 3.05) is 6.61 Å². The summed E-state index contributed by atoms with van der Waals surface area (Å²) in [6.45, 7) is 1.57. The molecular formula is C25H27N3O2S. The fraction of sp³-hybridized carbons (Fsp3) is 0.360. The van der Waals surface area contributed by atoms with Gasteiger partial charge >= 0.3 is 0 Å². The number of hydrogen-bond donors (Lipinski definition) is 1. The number of thioether (sulfide) groups is 1. The number of amides is 1. The van der Waals surface area contributed by atoms with Gasteiger partial charge in [-0.2, -0.15) is 0 Å². The molecule has 1 amide bonds. The first-order valence-electron chi connectivity index (χ1n) is 11.0. The minimum atomic E-state index is -0.337. The molecule has 3 aromatic rings. The molecule has 2 aromatic carbocycles. The van der Waals surface area contributed by atoms with Gasteiger partial charge in [-0.3, -0.25) is 4.79 Å². The van der Waals surface area contributed by atoms with Crippen LogP contribution in [0.2, 0.25) is 0 Å². The van der Waals surface area contributed by atoms with E-state index < -0.39 is 0 Å². The van der Waals surface area contributed by atoms with Crippen LogP contribution in [0, 0.1) is 0 Å². The summed E-state index contributed by atoms with van der Waals surface area (Å²) in [6, 6.07) is 20.6. The van der Waals surface area contributed by atoms with Crippen LogP contribution in [0.3, 0.4) is 0 Å². The van der Waals surface area contributed by atoms with Crippen molar-refractivity contribution in [1.82, 2.24) is 14.9 Å². The monoisotopic (exact) mass is 433 g/mol. The van der Waals surface area contributed by atoms with E-state index in [1.165, 1.54) is 11.8 Å². The van der Waals surface area contributed by atoms with E-state index >= 15 is 0 Å². The molecule has 5 rings (SSSR count). The van der Waals surface area contributed by atoms with E-state index in [0.717, 1.165) is 60.8 Å². The third-order valence-corrected chi connectivity index (χ3v) is 7.04. The predicted molar refractivity (Wildman–Crippen MR) is 123 cm³/mol. The lowest BCUT2D eigenvalue weighted by Crippen LogP contribution is -2.30. The Labute approximate surface area is 187 Å². The van der Waals surface area contributed by atoms with Crippen LogP contribution in [0.5, 0.6) is 0 Å². The number of aromatic nitrogens is 2. The van der Waals surface area contributed by atoms with Crippen molar-refractivity contribution in [3.63, 3.8) is 0 Å². The summed E-state index contributed by atoms with van der Waals surface area (Å²) in [5.74, 6) is 0.0617. The maximum atomic E-state index is 13.1. The zero-order valence-electron chi connectivity index (χ0n) is 17.4. The molecule has 0 radical (unpaired) electrons. The zero-order valence-corrected chi connectivity index (χ0v) is 18.3. The Morgan fingerprint density at radius 3 is 2.52 bits per heavy atom. The first-order valence-corrected chi connectivity index (χ1v) is 11.9. The third kappa shape index (κ3) is 4.86. The van der Waals surface area contributed by atoms with Crippen LogP contribution in [0.25, 0.3) is 11.3 Å². The smallest absolute Gasteiger partial charge is 0.238 e. The molecule has 1 aliphatic heterocycles. The topological polar surface area (TPSA) is 56.2 Å². The van der Waals surface area contributed by atoms with Crippen molar-refractivity contribution in [3.8, 4) is 11.3 Å². The SMILES string of the molecule is O=C(NC1CC1)C(Sc1ncc(-c2ccccc2)n1CC1CCCO1)c1ccccc1. The molecule has 0 spiro atoms. The Balaban J connectivity index is 1.48. The van der Waals surface area contributed by atoms with E-state index in [1.54, 1.807) is 0 Å². The number of nitrogens with one attached hydrogen (secondary N) is 1. The third-order valence-electron chi connectivity index (χ3n) is 5.79.